The van der Waals surface area contributed by atoms with Gasteiger partial charge in [0.15, 0.2) is 4.38 Å². The Morgan fingerprint density at radius 1 is 0.722 bits per heavy atom. The SMILES string of the molecule is N=C(S(=O)C1CCCCC1)S(=O)C1CCCCC1. The zero-order valence-electron chi connectivity index (χ0n) is 10.9. The maximum Gasteiger partial charge on any atom is 0.184 e. The van der Waals surface area contributed by atoms with E-state index < -0.39 is 21.6 Å². The summed E-state index contributed by atoms with van der Waals surface area (Å²) in [5, 5.41) is 8.17. The van der Waals surface area contributed by atoms with Gasteiger partial charge >= 0.3 is 0 Å². The summed E-state index contributed by atoms with van der Waals surface area (Å²) in [4.78, 5) is 0. The molecule has 104 valence electrons. The minimum Gasteiger partial charge on any atom is -0.284 e. The van der Waals surface area contributed by atoms with Gasteiger partial charge in [0, 0.05) is 10.5 Å². The van der Waals surface area contributed by atoms with E-state index in [0.717, 1.165) is 51.4 Å². The fourth-order valence-corrected chi connectivity index (χ4v) is 6.53. The molecule has 2 atom stereocenters. The van der Waals surface area contributed by atoms with Crippen molar-refractivity contribution in [2.24, 2.45) is 0 Å². The first-order valence-corrected chi connectivity index (χ1v) is 9.52. The van der Waals surface area contributed by atoms with Gasteiger partial charge in [-0.2, -0.15) is 0 Å². The van der Waals surface area contributed by atoms with E-state index in [-0.39, 0.29) is 14.9 Å². The Kier molecular flexibility index (Phi) is 5.55. The van der Waals surface area contributed by atoms with Crippen LogP contribution < -0.4 is 0 Å². The van der Waals surface area contributed by atoms with Crippen LogP contribution in [0.15, 0.2) is 0 Å². The van der Waals surface area contributed by atoms with Crippen LogP contribution in [0.25, 0.3) is 0 Å². The van der Waals surface area contributed by atoms with Crippen molar-refractivity contribution < 1.29 is 8.42 Å². The van der Waals surface area contributed by atoms with Gasteiger partial charge in [-0.15, -0.1) is 0 Å². The molecule has 2 rings (SSSR count). The first-order chi connectivity index (χ1) is 8.70. The zero-order chi connectivity index (χ0) is 13.0. The fraction of sp³-hybridized carbons (Fsp3) is 0.923. The topological polar surface area (TPSA) is 58.0 Å². The molecule has 2 saturated carbocycles. The highest BCUT2D eigenvalue weighted by Crippen LogP contribution is 2.26. The Bertz CT molecular complexity index is 313. The van der Waals surface area contributed by atoms with Crippen LogP contribution in [0.3, 0.4) is 0 Å². The van der Waals surface area contributed by atoms with Gasteiger partial charge in [-0.3, -0.25) is 13.8 Å². The summed E-state index contributed by atoms with van der Waals surface area (Å²) < 4.78 is 24.6. The van der Waals surface area contributed by atoms with Gasteiger partial charge in [-0.25, -0.2) is 0 Å². The highest BCUT2D eigenvalue weighted by atomic mass is 32.2. The fourth-order valence-electron chi connectivity index (χ4n) is 2.94. The number of hydrogen-bond acceptors (Lipinski definition) is 3. The molecule has 3 nitrogen and oxygen atoms in total. The van der Waals surface area contributed by atoms with E-state index in [1.807, 2.05) is 0 Å². The summed E-state index contributed by atoms with van der Waals surface area (Å²) >= 11 is 0. The summed E-state index contributed by atoms with van der Waals surface area (Å²) in [6.45, 7) is 0. The second-order valence-electron chi connectivity index (χ2n) is 5.40. The smallest absolute Gasteiger partial charge is 0.184 e. The number of hydrogen-bond donors (Lipinski definition) is 1. The van der Waals surface area contributed by atoms with Crippen molar-refractivity contribution >= 4 is 26.0 Å². The minimum atomic E-state index is -1.30. The minimum absolute atomic E-state index is 0.0220. The molecule has 2 aliphatic rings. The monoisotopic (exact) mass is 289 g/mol. The predicted octanol–water partition coefficient (Wildman–Crippen LogP) is 3.08. The van der Waals surface area contributed by atoms with Gasteiger partial charge in [0.1, 0.15) is 0 Å². The van der Waals surface area contributed by atoms with E-state index in [0.29, 0.717) is 0 Å². The third-order valence-electron chi connectivity index (χ3n) is 4.08. The molecule has 0 aromatic rings. The first kappa shape index (κ1) is 14.4. The average Bonchev–Trinajstić information content (AvgIpc) is 2.47. The van der Waals surface area contributed by atoms with E-state index >= 15 is 0 Å². The lowest BCUT2D eigenvalue weighted by atomic mass is 10.0. The summed E-state index contributed by atoms with van der Waals surface area (Å²) in [6.07, 6.45) is 10.6. The van der Waals surface area contributed by atoms with Crippen molar-refractivity contribution in [2.75, 3.05) is 0 Å². The molecule has 1 N–H and O–H groups in total. The predicted molar refractivity (Wildman–Crippen MR) is 77.8 cm³/mol. The Morgan fingerprint density at radius 3 is 1.39 bits per heavy atom. The zero-order valence-corrected chi connectivity index (χ0v) is 12.5. The van der Waals surface area contributed by atoms with Gasteiger partial charge < -0.3 is 0 Å². The maximum atomic E-state index is 12.3. The molecule has 5 heteroatoms. The van der Waals surface area contributed by atoms with E-state index in [9.17, 15) is 8.42 Å². The molecule has 2 aliphatic carbocycles. The van der Waals surface area contributed by atoms with Crippen molar-refractivity contribution in [3.8, 4) is 0 Å². The largest absolute Gasteiger partial charge is 0.284 e. The van der Waals surface area contributed by atoms with Gasteiger partial charge in [0.25, 0.3) is 0 Å². The van der Waals surface area contributed by atoms with Crippen LogP contribution in [0.4, 0.5) is 0 Å². The molecule has 0 heterocycles. The van der Waals surface area contributed by atoms with Crippen molar-refractivity contribution in [2.45, 2.75) is 74.7 Å². The van der Waals surface area contributed by atoms with Crippen molar-refractivity contribution in [1.82, 2.24) is 0 Å². The Hall–Kier alpha value is -0.0300. The molecule has 0 radical (unpaired) electrons. The molecule has 0 aromatic carbocycles. The van der Waals surface area contributed by atoms with Gasteiger partial charge in [0.05, 0.1) is 21.6 Å². The van der Waals surface area contributed by atoms with E-state index in [1.54, 1.807) is 0 Å². The maximum absolute atomic E-state index is 12.3. The van der Waals surface area contributed by atoms with E-state index in [4.69, 9.17) is 5.41 Å². The Balaban J connectivity index is 1.92. The van der Waals surface area contributed by atoms with Gasteiger partial charge in [-0.1, -0.05) is 38.5 Å². The highest BCUT2D eigenvalue weighted by molar-refractivity contribution is 8.26. The standard InChI is InChI=1S/C13H23NO2S2/c14-13(17(15)11-7-3-1-4-8-11)18(16)12-9-5-2-6-10-12/h11-12,14H,1-10H2. The van der Waals surface area contributed by atoms with Crippen LogP contribution in [0.5, 0.6) is 0 Å². The molecule has 0 spiro atoms. The lowest BCUT2D eigenvalue weighted by molar-refractivity contribution is 0.505. The van der Waals surface area contributed by atoms with Crippen LogP contribution in [0.1, 0.15) is 64.2 Å². The second-order valence-corrected chi connectivity index (χ2v) is 9.00. The van der Waals surface area contributed by atoms with Crippen molar-refractivity contribution in [3.05, 3.63) is 0 Å². The Labute approximate surface area is 115 Å². The quantitative estimate of drug-likeness (QED) is 0.627. The van der Waals surface area contributed by atoms with Crippen LogP contribution in [-0.2, 0) is 21.6 Å². The van der Waals surface area contributed by atoms with Crippen LogP contribution >= 0.6 is 0 Å². The normalized spacial score (nSPS) is 26.7. The summed E-state index contributed by atoms with van der Waals surface area (Å²) in [6, 6.07) is 0. The molecule has 0 aromatic heterocycles. The molecule has 2 unspecified atom stereocenters. The molecule has 0 aliphatic heterocycles. The lowest BCUT2D eigenvalue weighted by Crippen LogP contribution is -2.32. The molecule has 18 heavy (non-hydrogen) atoms. The molecule has 2 fully saturated rings. The Morgan fingerprint density at radius 2 is 1.06 bits per heavy atom. The van der Waals surface area contributed by atoms with Crippen LogP contribution in [0, 0.1) is 5.41 Å². The highest BCUT2D eigenvalue weighted by Gasteiger charge is 2.30. The van der Waals surface area contributed by atoms with Crippen LogP contribution in [0.2, 0.25) is 0 Å². The van der Waals surface area contributed by atoms with Gasteiger partial charge in [0.2, 0.25) is 0 Å². The number of nitrogens with one attached hydrogen (secondary N) is 1. The van der Waals surface area contributed by atoms with E-state index in [2.05, 4.69) is 0 Å². The summed E-state index contributed by atoms with van der Waals surface area (Å²) in [5.74, 6) is 0. The average molecular weight is 289 g/mol. The molecular weight excluding hydrogens is 266 g/mol. The molecular formula is C13H23NO2S2. The number of rotatable bonds is 2. The molecule has 0 bridgehead atoms. The molecule has 0 saturated heterocycles. The summed E-state index contributed by atoms with van der Waals surface area (Å²) in [7, 11) is -2.60. The lowest BCUT2D eigenvalue weighted by Gasteiger charge is -2.24. The third-order valence-corrected chi connectivity index (χ3v) is 7.95. The van der Waals surface area contributed by atoms with Gasteiger partial charge in [-0.05, 0) is 25.7 Å². The van der Waals surface area contributed by atoms with Crippen molar-refractivity contribution in [3.63, 3.8) is 0 Å². The second kappa shape index (κ2) is 6.94. The molecule has 0 amide bonds. The van der Waals surface area contributed by atoms with Crippen LogP contribution in [-0.4, -0.2) is 23.3 Å². The van der Waals surface area contributed by atoms with Crippen molar-refractivity contribution in [1.29, 1.82) is 5.41 Å². The first-order valence-electron chi connectivity index (χ1n) is 7.10. The summed E-state index contributed by atoms with van der Waals surface area (Å²) in [5.41, 5.74) is 0. The third kappa shape index (κ3) is 3.50. The van der Waals surface area contributed by atoms with E-state index in [1.165, 1.54) is 12.8 Å².